The highest BCUT2D eigenvalue weighted by atomic mass is 32.1. The highest BCUT2D eigenvalue weighted by molar-refractivity contribution is 7.11. The molecule has 1 heterocycles. The normalized spacial score (nSPS) is 11.4. The first-order chi connectivity index (χ1) is 13.9. The van der Waals surface area contributed by atoms with E-state index in [4.69, 9.17) is 15.2 Å². The second-order valence-electron chi connectivity index (χ2n) is 6.46. The standard InChI is InChI=1S/C21H22N4O3S/c1-13(2)23-19(22)18-20(27-14(3)26)25-29-21(18)24-15-9-11-17(12-10-15)28-16-7-5-4-6-8-16/h4-13,24H,1-3H3,(H2,22,23). The maximum Gasteiger partial charge on any atom is 0.309 e. The maximum absolute atomic E-state index is 11.4. The Morgan fingerprint density at radius 1 is 1.10 bits per heavy atom. The molecule has 2 aromatic carbocycles. The summed E-state index contributed by atoms with van der Waals surface area (Å²) in [6, 6.07) is 17.0. The molecule has 150 valence electrons. The number of ether oxygens (including phenoxy) is 2. The van der Waals surface area contributed by atoms with Gasteiger partial charge >= 0.3 is 5.97 Å². The SMILES string of the molecule is CC(=O)Oc1nsc(Nc2ccc(Oc3ccccc3)cc2)c1C(N)=NC(C)C. The van der Waals surface area contributed by atoms with Crippen molar-refractivity contribution in [2.75, 3.05) is 5.32 Å². The van der Waals surface area contributed by atoms with E-state index in [1.165, 1.54) is 6.92 Å². The Morgan fingerprint density at radius 3 is 2.38 bits per heavy atom. The molecule has 0 aliphatic heterocycles. The lowest BCUT2D eigenvalue weighted by atomic mass is 10.2. The molecule has 0 atom stereocenters. The third-order valence-electron chi connectivity index (χ3n) is 3.65. The second-order valence-corrected chi connectivity index (χ2v) is 7.23. The van der Waals surface area contributed by atoms with Crippen molar-refractivity contribution in [1.82, 2.24) is 4.37 Å². The summed E-state index contributed by atoms with van der Waals surface area (Å²) in [5.74, 6) is 1.42. The van der Waals surface area contributed by atoms with Crippen molar-refractivity contribution >= 4 is 34.0 Å². The number of hydrogen-bond acceptors (Lipinski definition) is 7. The van der Waals surface area contributed by atoms with Crippen molar-refractivity contribution < 1.29 is 14.3 Å². The molecule has 3 rings (SSSR count). The fourth-order valence-corrected chi connectivity index (χ4v) is 3.25. The number of nitrogens with two attached hydrogens (primary N) is 1. The van der Waals surface area contributed by atoms with Crippen LogP contribution in [0.5, 0.6) is 17.4 Å². The zero-order valence-electron chi connectivity index (χ0n) is 16.4. The van der Waals surface area contributed by atoms with Crippen LogP contribution in [0.1, 0.15) is 26.3 Å². The first-order valence-electron chi connectivity index (χ1n) is 9.04. The Kier molecular flexibility index (Phi) is 6.46. The number of rotatable bonds is 7. The van der Waals surface area contributed by atoms with E-state index >= 15 is 0 Å². The number of para-hydroxylation sites is 1. The molecule has 0 fully saturated rings. The van der Waals surface area contributed by atoms with Gasteiger partial charge < -0.3 is 20.5 Å². The van der Waals surface area contributed by atoms with Crippen LogP contribution in [0.4, 0.5) is 10.7 Å². The monoisotopic (exact) mass is 410 g/mol. The van der Waals surface area contributed by atoms with Crippen molar-refractivity contribution in [3.8, 4) is 17.4 Å². The highest BCUT2D eigenvalue weighted by Crippen LogP contribution is 2.34. The lowest BCUT2D eigenvalue weighted by molar-refractivity contribution is -0.132. The summed E-state index contributed by atoms with van der Waals surface area (Å²) < 4.78 is 15.2. The van der Waals surface area contributed by atoms with E-state index in [2.05, 4.69) is 14.7 Å². The topological polar surface area (TPSA) is 98.8 Å². The van der Waals surface area contributed by atoms with E-state index < -0.39 is 5.97 Å². The van der Waals surface area contributed by atoms with Crippen molar-refractivity contribution in [2.24, 2.45) is 10.7 Å². The number of aromatic nitrogens is 1. The van der Waals surface area contributed by atoms with E-state index in [1.54, 1.807) is 0 Å². The Bertz CT molecular complexity index is 999. The van der Waals surface area contributed by atoms with Gasteiger partial charge in [0.1, 0.15) is 27.9 Å². The predicted octanol–water partition coefficient (Wildman–Crippen LogP) is 4.72. The fourth-order valence-electron chi connectivity index (χ4n) is 2.50. The fraction of sp³-hybridized carbons (Fsp3) is 0.190. The number of nitrogens with zero attached hydrogens (tertiary/aromatic N) is 2. The molecular formula is C21H22N4O3S. The molecule has 3 N–H and O–H groups in total. The minimum Gasteiger partial charge on any atom is -0.457 e. The molecule has 7 nitrogen and oxygen atoms in total. The van der Waals surface area contributed by atoms with Gasteiger partial charge in [0.25, 0.3) is 0 Å². The summed E-state index contributed by atoms with van der Waals surface area (Å²) in [4.78, 5) is 15.8. The molecule has 0 unspecified atom stereocenters. The van der Waals surface area contributed by atoms with Crippen LogP contribution >= 0.6 is 11.5 Å². The van der Waals surface area contributed by atoms with Gasteiger partial charge in [0.2, 0.25) is 5.88 Å². The van der Waals surface area contributed by atoms with E-state index in [-0.39, 0.29) is 17.8 Å². The molecular weight excluding hydrogens is 388 g/mol. The number of carbonyl (C=O) groups is 1. The van der Waals surface area contributed by atoms with Gasteiger partial charge in [-0.2, -0.15) is 4.37 Å². The number of aliphatic imine (C=N–C) groups is 1. The molecule has 0 aliphatic carbocycles. The smallest absolute Gasteiger partial charge is 0.309 e. The third kappa shape index (κ3) is 5.55. The molecule has 1 aromatic heterocycles. The van der Waals surface area contributed by atoms with Gasteiger partial charge in [-0.25, -0.2) is 0 Å². The van der Waals surface area contributed by atoms with Crippen LogP contribution in [0.25, 0.3) is 0 Å². The third-order valence-corrected chi connectivity index (χ3v) is 4.39. The molecule has 29 heavy (non-hydrogen) atoms. The van der Waals surface area contributed by atoms with Gasteiger partial charge in [-0.15, -0.1) is 0 Å². The zero-order chi connectivity index (χ0) is 20.8. The number of amidine groups is 1. The summed E-state index contributed by atoms with van der Waals surface area (Å²) in [5, 5.41) is 3.90. The van der Waals surface area contributed by atoms with Gasteiger partial charge in [-0.1, -0.05) is 18.2 Å². The van der Waals surface area contributed by atoms with Crippen molar-refractivity contribution in [2.45, 2.75) is 26.8 Å². The molecule has 0 aliphatic rings. The lowest BCUT2D eigenvalue weighted by Crippen LogP contribution is -2.18. The molecule has 0 saturated heterocycles. The van der Waals surface area contributed by atoms with Crippen molar-refractivity contribution in [1.29, 1.82) is 0 Å². The van der Waals surface area contributed by atoms with Crippen LogP contribution in [-0.2, 0) is 4.79 Å². The molecule has 0 amide bonds. The summed E-state index contributed by atoms with van der Waals surface area (Å²) in [6.07, 6.45) is 0. The number of hydrogen-bond donors (Lipinski definition) is 2. The van der Waals surface area contributed by atoms with Crippen LogP contribution in [0.3, 0.4) is 0 Å². The van der Waals surface area contributed by atoms with E-state index in [0.717, 1.165) is 23.0 Å². The quantitative estimate of drug-likeness (QED) is 0.332. The summed E-state index contributed by atoms with van der Waals surface area (Å²) >= 11 is 1.14. The first-order valence-corrected chi connectivity index (χ1v) is 9.81. The number of carbonyl (C=O) groups excluding carboxylic acids is 1. The lowest BCUT2D eigenvalue weighted by Gasteiger charge is -2.10. The van der Waals surface area contributed by atoms with Gasteiger partial charge in [-0.05, 0) is 61.8 Å². The number of esters is 1. The Hall–Kier alpha value is -3.39. The second kappa shape index (κ2) is 9.20. The van der Waals surface area contributed by atoms with Crippen LogP contribution in [0.15, 0.2) is 59.6 Å². The Balaban J connectivity index is 1.82. The van der Waals surface area contributed by atoms with Gasteiger partial charge in [-0.3, -0.25) is 9.79 Å². The average molecular weight is 410 g/mol. The maximum atomic E-state index is 11.4. The molecule has 0 radical (unpaired) electrons. The van der Waals surface area contributed by atoms with Crippen LogP contribution in [-0.4, -0.2) is 22.2 Å². The van der Waals surface area contributed by atoms with E-state index in [1.807, 2.05) is 68.4 Å². The summed E-state index contributed by atoms with van der Waals surface area (Å²) in [6.45, 7) is 5.14. The first kappa shape index (κ1) is 20.3. The zero-order valence-corrected chi connectivity index (χ0v) is 17.2. The van der Waals surface area contributed by atoms with Crippen LogP contribution < -0.4 is 20.5 Å². The highest BCUT2D eigenvalue weighted by Gasteiger charge is 2.20. The van der Waals surface area contributed by atoms with Crippen LogP contribution in [0, 0.1) is 0 Å². The number of anilines is 2. The molecule has 0 spiro atoms. The minimum atomic E-state index is -0.470. The summed E-state index contributed by atoms with van der Waals surface area (Å²) in [5.41, 5.74) is 7.43. The van der Waals surface area contributed by atoms with Crippen molar-refractivity contribution in [3.05, 3.63) is 60.2 Å². The Morgan fingerprint density at radius 2 is 1.76 bits per heavy atom. The molecule has 0 bridgehead atoms. The minimum absolute atomic E-state index is 0.0117. The number of benzene rings is 2. The molecule has 8 heteroatoms. The van der Waals surface area contributed by atoms with Gasteiger partial charge in [0, 0.05) is 18.7 Å². The summed E-state index contributed by atoms with van der Waals surface area (Å²) in [7, 11) is 0. The molecule has 0 saturated carbocycles. The largest absolute Gasteiger partial charge is 0.457 e. The Labute approximate surface area is 173 Å². The van der Waals surface area contributed by atoms with Gasteiger partial charge in [0.15, 0.2) is 0 Å². The molecule has 3 aromatic rings. The van der Waals surface area contributed by atoms with E-state index in [0.29, 0.717) is 16.3 Å². The van der Waals surface area contributed by atoms with Crippen molar-refractivity contribution in [3.63, 3.8) is 0 Å². The van der Waals surface area contributed by atoms with E-state index in [9.17, 15) is 4.79 Å². The van der Waals surface area contributed by atoms with Gasteiger partial charge in [0.05, 0.1) is 0 Å². The average Bonchev–Trinajstić information content (AvgIpc) is 3.05. The predicted molar refractivity (Wildman–Crippen MR) is 116 cm³/mol. The number of nitrogens with one attached hydrogen (secondary N) is 1. The van der Waals surface area contributed by atoms with Crippen LogP contribution in [0.2, 0.25) is 0 Å².